The summed E-state index contributed by atoms with van der Waals surface area (Å²) in [5.41, 5.74) is 5.57. The molecule has 7 nitrogen and oxygen atoms in total. The number of rotatable bonds is 7. The Bertz CT molecular complexity index is 691. The first-order valence-electron chi connectivity index (χ1n) is 9.23. The summed E-state index contributed by atoms with van der Waals surface area (Å²) in [7, 11) is 0. The fraction of sp³-hybridized carbons (Fsp3) is 0.706. The van der Waals surface area contributed by atoms with Gasteiger partial charge in [-0.25, -0.2) is 0 Å². The lowest BCUT2D eigenvalue weighted by atomic mass is 9.91. The molecule has 2 aliphatic carbocycles. The molecule has 10 heteroatoms. The Morgan fingerprint density at radius 3 is 2.41 bits per heavy atom. The van der Waals surface area contributed by atoms with Crippen molar-refractivity contribution in [2.75, 3.05) is 11.9 Å². The molecular weight excluding hydrogens is 363 g/mol. The number of aromatic nitrogens is 2. The first kappa shape index (κ1) is 19.7. The second-order valence-corrected chi connectivity index (χ2v) is 7.32. The lowest BCUT2D eigenvalue weighted by Crippen LogP contribution is -2.35. The lowest BCUT2D eigenvalue weighted by Gasteiger charge is -2.29. The number of nitrogens with zero attached hydrogens (tertiary/aromatic N) is 2. The first-order chi connectivity index (χ1) is 12.7. The van der Waals surface area contributed by atoms with Crippen molar-refractivity contribution in [3.05, 3.63) is 11.8 Å². The van der Waals surface area contributed by atoms with E-state index in [-0.39, 0.29) is 41.8 Å². The van der Waals surface area contributed by atoms with Crippen LogP contribution in [-0.2, 0) is 4.79 Å². The minimum absolute atomic E-state index is 0.0194. The van der Waals surface area contributed by atoms with Crippen LogP contribution in [0, 0.1) is 5.92 Å². The highest BCUT2D eigenvalue weighted by molar-refractivity contribution is 6.02. The molecule has 0 aliphatic heterocycles. The molecule has 2 amide bonds. The van der Waals surface area contributed by atoms with Gasteiger partial charge < -0.3 is 16.4 Å². The van der Waals surface area contributed by atoms with E-state index in [1.54, 1.807) is 10.9 Å². The van der Waals surface area contributed by atoms with E-state index in [0.29, 0.717) is 0 Å². The number of halogens is 3. The van der Waals surface area contributed by atoms with Gasteiger partial charge in [0.2, 0.25) is 5.91 Å². The second-order valence-electron chi connectivity index (χ2n) is 7.32. The van der Waals surface area contributed by atoms with Crippen LogP contribution in [0.1, 0.15) is 61.3 Å². The highest BCUT2D eigenvalue weighted by Crippen LogP contribution is 2.32. The summed E-state index contributed by atoms with van der Waals surface area (Å²) in [4.78, 5) is 23.6. The fourth-order valence-electron chi connectivity index (χ4n) is 3.38. The number of nitrogens with two attached hydrogens (primary N) is 1. The summed E-state index contributed by atoms with van der Waals surface area (Å²) in [6.07, 6.45) is 1.12. The minimum atomic E-state index is -4.15. The van der Waals surface area contributed by atoms with Gasteiger partial charge in [-0.3, -0.25) is 14.3 Å². The van der Waals surface area contributed by atoms with Crippen LogP contribution in [0.15, 0.2) is 6.20 Å². The molecule has 27 heavy (non-hydrogen) atoms. The highest BCUT2D eigenvalue weighted by atomic mass is 19.4. The average Bonchev–Trinajstić information content (AvgIpc) is 3.35. The Morgan fingerprint density at radius 1 is 1.19 bits per heavy atom. The monoisotopic (exact) mass is 387 g/mol. The van der Waals surface area contributed by atoms with Gasteiger partial charge >= 0.3 is 6.18 Å². The van der Waals surface area contributed by atoms with Gasteiger partial charge in [0.1, 0.15) is 5.56 Å². The fourth-order valence-corrected chi connectivity index (χ4v) is 3.38. The zero-order valence-corrected chi connectivity index (χ0v) is 14.9. The van der Waals surface area contributed by atoms with Crippen LogP contribution < -0.4 is 16.4 Å². The largest absolute Gasteiger partial charge is 0.390 e. The molecule has 0 radical (unpaired) electrons. The smallest absolute Gasteiger partial charge is 0.365 e. The van der Waals surface area contributed by atoms with Crippen molar-refractivity contribution in [1.29, 1.82) is 0 Å². The Balaban J connectivity index is 1.55. The van der Waals surface area contributed by atoms with E-state index in [1.165, 1.54) is 0 Å². The van der Waals surface area contributed by atoms with E-state index in [9.17, 15) is 22.8 Å². The molecule has 0 spiro atoms. The first-order valence-corrected chi connectivity index (χ1v) is 9.23. The molecule has 0 atom stereocenters. The van der Waals surface area contributed by atoms with Gasteiger partial charge in [-0.1, -0.05) is 0 Å². The maximum atomic E-state index is 12.2. The molecule has 3 rings (SSSR count). The molecule has 0 unspecified atom stereocenters. The summed E-state index contributed by atoms with van der Waals surface area (Å²) < 4.78 is 38.3. The topological polar surface area (TPSA) is 102 Å². The van der Waals surface area contributed by atoms with Gasteiger partial charge in [-0.15, -0.1) is 0 Å². The van der Waals surface area contributed by atoms with Gasteiger partial charge in [0.25, 0.3) is 5.91 Å². The van der Waals surface area contributed by atoms with Crippen molar-refractivity contribution in [1.82, 2.24) is 15.1 Å². The molecule has 0 bridgehead atoms. The molecule has 4 N–H and O–H groups in total. The van der Waals surface area contributed by atoms with Crippen molar-refractivity contribution >= 4 is 17.6 Å². The molecule has 2 aliphatic rings. The molecule has 1 aromatic heterocycles. The van der Waals surface area contributed by atoms with E-state index in [0.717, 1.165) is 38.5 Å². The Morgan fingerprint density at radius 2 is 1.85 bits per heavy atom. The lowest BCUT2D eigenvalue weighted by molar-refractivity contribution is -0.133. The predicted octanol–water partition coefficient (Wildman–Crippen LogP) is 2.36. The second kappa shape index (κ2) is 7.87. The summed E-state index contributed by atoms with van der Waals surface area (Å²) in [6.45, 7) is -0.0796. The summed E-state index contributed by atoms with van der Waals surface area (Å²) >= 11 is 0. The van der Waals surface area contributed by atoms with Gasteiger partial charge in [0.15, 0.2) is 5.82 Å². The Kier molecular flexibility index (Phi) is 5.73. The van der Waals surface area contributed by atoms with Gasteiger partial charge in [-0.05, 0) is 38.5 Å². The number of hydrogen-bond donors (Lipinski definition) is 3. The SMILES string of the molecule is NC(=O)c1cn([C@H]2CC[C@@H](NCCC(F)(F)F)CC2)nc1NC(=O)C1CC1. The van der Waals surface area contributed by atoms with Crippen LogP contribution in [0.4, 0.5) is 19.0 Å². The Labute approximate surface area is 154 Å². The zero-order valence-electron chi connectivity index (χ0n) is 14.9. The third-order valence-corrected chi connectivity index (χ3v) is 5.10. The van der Waals surface area contributed by atoms with Crippen LogP contribution in [0.5, 0.6) is 0 Å². The quantitative estimate of drug-likeness (QED) is 0.668. The number of nitrogens with one attached hydrogen (secondary N) is 2. The van der Waals surface area contributed by atoms with Crippen molar-refractivity contribution in [3.63, 3.8) is 0 Å². The third kappa shape index (κ3) is 5.44. The van der Waals surface area contributed by atoms with Crippen molar-refractivity contribution in [2.45, 2.75) is 63.2 Å². The van der Waals surface area contributed by atoms with E-state index in [4.69, 9.17) is 5.73 Å². The molecule has 150 valence electrons. The molecule has 2 saturated carbocycles. The summed E-state index contributed by atoms with van der Waals surface area (Å²) in [6, 6.07) is 0.0687. The maximum Gasteiger partial charge on any atom is 0.390 e. The Hall–Kier alpha value is -2.10. The predicted molar refractivity (Wildman–Crippen MR) is 92.1 cm³/mol. The standard InChI is InChI=1S/C17H24F3N5O2/c18-17(19,20)7-8-22-11-3-5-12(6-4-11)25-9-13(14(21)26)15(24-25)23-16(27)10-1-2-10/h9-12,22H,1-8H2,(H2,21,26)(H,23,24,27)/t11-,12+. The van der Waals surface area contributed by atoms with Gasteiger partial charge in [-0.2, -0.15) is 18.3 Å². The van der Waals surface area contributed by atoms with E-state index < -0.39 is 18.5 Å². The van der Waals surface area contributed by atoms with Crippen LogP contribution in [0.2, 0.25) is 0 Å². The number of primary amides is 1. The number of amides is 2. The van der Waals surface area contributed by atoms with Gasteiger partial charge in [0, 0.05) is 24.7 Å². The summed E-state index contributed by atoms with van der Waals surface area (Å²) in [5.74, 6) is -0.644. The summed E-state index contributed by atoms with van der Waals surface area (Å²) in [5, 5.41) is 9.96. The van der Waals surface area contributed by atoms with Gasteiger partial charge in [0.05, 0.1) is 12.5 Å². The molecule has 0 aromatic carbocycles. The number of alkyl halides is 3. The molecule has 1 heterocycles. The average molecular weight is 387 g/mol. The zero-order chi connectivity index (χ0) is 19.6. The molecular formula is C17H24F3N5O2. The van der Waals surface area contributed by atoms with E-state index in [2.05, 4.69) is 15.7 Å². The van der Waals surface area contributed by atoms with Crippen LogP contribution >= 0.6 is 0 Å². The maximum absolute atomic E-state index is 12.2. The minimum Gasteiger partial charge on any atom is -0.365 e. The number of carbonyl (C=O) groups excluding carboxylic acids is 2. The highest BCUT2D eigenvalue weighted by Gasteiger charge is 2.32. The normalized spacial score (nSPS) is 23.2. The van der Waals surface area contributed by atoms with Crippen molar-refractivity contribution < 1.29 is 22.8 Å². The van der Waals surface area contributed by atoms with Crippen molar-refractivity contribution in [3.8, 4) is 0 Å². The molecule has 1 aromatic rings. The third-order valence-electron chi connectivity index (χ3n) is 5.10. The van der Waals surface area contributed by atoms with E-state index >= 15 is 0 Å². The van der Waals surface area contributed by atoms with Crippen LogP contribution in [0.25, 0.3) is 0 Å². The number of anilines is 1. The number of carbonyl (C=O) groups is 2. The molecule has 0 saturated heterocycles. The van der Waals surface area contributed by atoms with Crippen LogP contribution in [-0.4, -0.2) is 40.4 Å². The number of hydrogen-bond acceptors (Lipinski definition) is 4. The van der Waals surface area contributed by atoms with E-state index in [1.807, 2.05) is 0 Å². The van der Waals surface area contributed by atoms with Crippen LogP contribution in [0.3, 0.4) is 0 Å². The van der Waals surface area contributed by atoms with Crippen molar-refractivity contribution in [2.24, 2.45) is 11.7 Å². The molecule has 2 fully saturated rings.